The summed E-state index contributed by atoms with van der Waals surface area (Å²) < 4.78 is 5.51. The Bertz CT molecular complexity index is 1020. The molecule has 4 rings (SSSR count). The van der Waals surface area contributed by atoms with Crippen LogP contribution in [-0.2, 0) is 9.53 Å². The Kier molecular flexibility index (Phi) is 8.59. The van der Waals surface area contributed by atoms with Crippen LogP contribution in [0.3, 0.4) is 0 Å². The van der Waals surface area contributed by atoms with E-state index in [1.54, 1.807) is 0 Å². The molecule has 6 heteroatoms. The van der Waals surface area contributed by atoms with Gasteiger partial charge in [0.1, 0.15) is 0 Å². The molecule has 2 saturated heterocycles. The van der Waals surface area contributed by atoms with Gasteiger partial charge >= 0.3 is 0 Å². The number of benzene rings is 2. The Balaban J connectivity index is 1.74. The number of hydrogen-bond donors (Lipinski definition) is 0. The SMILES string of the molecule is C=CC[C@@]1(C)C[C@H](c2cccc(Cl)c2)[C@@H](c2ccc(Cl)cc2)N([C@@H](C)CCN2CCOCC2)C1=O. The summed E-state index contributed by atoms with van der Waals surface area (Å²) in [5.74, 6) is 0.300. The number of likely N-dealkylation sites (tertiary alicyclic amines) is 1. The van der Waals surface area contributed by atoms with Crippen molar-refractivity contribution in [2.24, 2.45) is 5.41 Å². The summed E-state index contributed by atoms with van der Waals surface area (Å²) in [6, 6.07) is 16.0. The van der Waals surface area contributed by atoms with Crippen LogP contribution in [-0.4, -0.2) is 54.6 Å². The Labute approximate surface area is 219 Å². The molecule has 4 nitrogen and oxygen atoms in total. The van der Waals surface area contributed by atoms with Crippen molar-refractivity contribution in [3.05, 3.63) is 82.4 Å². The Morgan fingerprint density at radius 2 is 1.83 bits per heavy atom. The van der Waals surface area contributed by atoms with Gasteiger partial charge in [-0.15, -0.1) is 6.58 Å². The zero-order valence-corrected chi connectivity index (χ0v) is 22.3. The van der Waals surface area contributed by atoms with Crippen LogP contribution in [0.5, 0.6) is 0 Å². The number of carbonyl (C=O) groups excluding carboxylic acids is 1. The molecule has 2 heterocycles. The van der Waals surface area contributed by atoms with Crippen LogP contribution in [0.4, 0.5) is 0 Å². The van der Waals surface area contributed by atoms with Gasteiger partial charge in [-0.25, -0.2) is 0 Å². The smallest absolute Gasteiger partial charge is 0.229 e. The molecule has 0 saturated carbocycles. The maximum atomic E-state index is 14.2. The van der Waals surface area contributed by atoms with Gasteiger partial charge < -0.3 is 9.64 Å². The fourth-order valence-corrected chi connectivity index (χ4v) is 6.03. The zero-order valence-electron chi connectivity index (χ0n) is 20.8. The topological polar surface area (TPSA) is 32.8 Å². The van der Waals surface area contributed by atoms with Crippen molar-refractivity contribution in [3.8, 4) is 0 Å². The third-order valence-electron chi connectivity index (χ3n) is 7.63. The first-order chi connectivity index (χ1) is 16.8. The molecule has 2 aromatic carbocycles. The van der Waals surface area contributed by atoms with Crippen LogP contribution < -0.4 is 0 Å². The lowest BCUT2D eigenvalue weighted by Crippen LogP contribution is -2.55. The molecule has 0 spiro atoms. The summed E-state index contributed by atoms with van der Waals surface area (Å²) in [6.07, 6.45) is 4.16. The average molecular weight is 516 g/mol. The van der Waals surface area contributed by atoms with Gasteiger partial charge in [-0.1, -0.05) is 60.5 Å². The van der Waals surface area contributed by atoms with Crippen LogP contribution in [0, 0.1) is 5.41 Å². The first kappa shape index (κ1) is 26.2. The van der Waals surface area contributed by atoms with Gasteiger partial charge in [0.05, 0.1) is 24.7 Å². The van der Waals surface area contributed by atoms with Crippen LogP contribution in [0.25, 0.3) is 0 Å². The lowest BCUT2D eigenvalue weighted by atomic mass is 9.67. The minimum Gasteiger partial charge on any atom is -0.379 e. The molecule has 0 unspecified atom stereocenters. The minimum absolute atomic E-state index is 0.0668. The number of piperidine rings is 1. The van der Waals surface area contributed by atoms with E-state index in [1.165, 1.54) is 0 Å². The lowest BCUT2D eigenvalue weighted by Gasteiger charge is -2.51. The molecule has 188 valence electrons. The fraction of sp³-hybridized carbons (Fsp3) is 0.483. The van der Waals surface area contributed by atoms with Crippen LogP contribution in [0.2, 0.25) is 10.0 Å². The molecule has 2 aromatic rings. The number of amides is 1. The maximum Gasteiger partial charge on any atom is 0.229 e. The van der Waals surface area contributed by atoms with E-state index in [0.29, 0.717) is 16.5 Å². The first-order valence-electron chi connectivity index (χ1n) is 12.6. The molecule has 35 heavy (non-hydrogen) atoms. The van der Waals surface area contributed by atoms with E-state index in [0.717, 1.165) is 56.8 Å². The van der Waals surface area contributed by atoms with Gasteiger partial charge in [-0.3, -0.25) is 9.69 Å². The van der Waals surface area contributed by atoms with E-state index >= 15 is 0 Å². The number of carbonyl (C=O) groups is 1. The van der Waals surface area contributed by atoms with E-state index in [2.05, 4.69) is 54.5 Å². The van der Waals surface area contributed by atoms with Gasteiger partial charge in [-0.2, -0.15) is 0 Å². The molecule has 1 amide bonds. The number of rotatable bonds is 8. The van der Waals surface area contributed by atoms with E-state index in [1.807, 2.05) is 30.3 Å². The third kappa shape index (κ3) is 5.94. The van der Waals surface area contributed by atoms with E-state index in [-0.39, 0.29) is 23.9 Å². The highest BCUT2D eigenvalue weighted by atomic mass is 35.5. The molecule has 0 N–H and O–H groups in total. The van der Waals surface area contributed by atoms with E-state index in [4.69, 9.17) is 27.9 Å². The molecule has 2 fully saturated rings. The van der Waals surface area contributed by atoms with Crippen molar-refractivity contribution in [1.82, 2.24) is 9.80 Å². The Hall–Kier alpha value is -1.85. The van der Waals surface area contributed by atoms with Crippen LogP contribution in [0.15, 0.2) is 61.2 Å². The second-order valence-electron chi connectivity index (χ2n) is 10.2. The van der Waals surface area contributed by atoms with Crippen molar-refractivity contribution in [3.63, 3.8) is 0 Å². The minimum atomic E-state index is -0.523. The molecule has 4 atom stereocenters. The number of ether oxygens (including phenoxy) is 1. The van der Waals surface area contributed by atoms with Crippen molar-refractivity contribution < 1.29 is 9.53 Å². The molecule has 0 radical (unpaired) electrons. The van der Waals surface area contributed by atoms with Gasteiger partial charge in [0.25, 0.3) is 0 Å². The van der Waals surface area contributed by atoms with Crippen molar-refractivity contribution in [2.75, 3.05) is 32.8 Å². The van der Waals surface area contributed by atoms with Crippen LogP contribution in [0.1, 0.15) is 56.2 Å². The Morgan fingerprint density at radius 3 is 2.49 bits per heavy atom. The van der Waals surface area contributed by atoms with E-state index < -0.39 is 5.41 Å². The third-order valence-corrected chi connectivity index (χ3v) is 8.11. The predicted molar refractivity (Wildman–Crippen MR) is 144 cm³/mol. The second kappa shape index (κ2) is 11.5. The van der Waals surface area contributed by atoms with Crippen molar-refractivity contribution in [2.45, 2.75) is 51.1 Å². The van der Waals surface area contributed by atoms with Gasteiger partial charge in [0.15, 0.2) is 0 Å². The summed E-state index contributed by atoms with van der Waals surface area (Å²) in [6.45, 7) is 12.6. The molecule has 0 aromatic heterocycles. The largest absolute Gasteiger partial charge is 0.379 e. The summed E-state index contributed by atoms with van der Waals surface area (Å²) in [4.78, 5) is 18.8. The zero-order chi connectivity index (χ0) is 25.0. The van der Waals surface area contributed by atoms with Gasteiger partial charge in [-0.05, 0) is 61.6 Å². The molecular weight excluding hydrogens is 479 g/mol. The maximum absolute atomic E-state index is 14.2. The standard InChI is InChI=1S/C29H36Cl2N2O2/c1-4-13-29(3)20-26(23-6-5-7-25(31)19-23)27(22-8-10-24(30)11-9-22)33(28(29)34)21(2)12-14-32-15-17-35-18-16-32/h4-11,19,21,26-27H,1,12-18,20H2,2-3H3/t21-,26+,27+,29-/m0/s1. The average Bonchev–Trinajstić information content (AvgIpc) is 2.85. The lowest BCUT2D eigenvalue weighted by molar-refractivity contribution is -0.154. The highest BCUT2D eigenvalue weighted by Crippen LogP contribution is 2.52. The summed E-state index contributed by atoms with van der Waals surface area (Å²) >= 11 is 12.7. The normalized spacial score (nSPS) is 26.5. The number of halogens is 2. The van der Waals surface area contributed by atoms with Crippen LogP contribution >= 0.6 is 23.2 Å². The highest BCUT2D eigenvalue weighted by molar-refractivity contribution is 6.30. The monoisotopic (exact) mass is 514 g/mol. The summed E-state index contributed by atoms with van der Waals surface area (Å²) in [5.41, 5.74) is 1.74. The summed E-state index contributed by atoms with van der Waals surface area (Å²) in [5, 5.41) is 1.41. The number of allylic oxidation sites excluding steroid dienone is 1. The Morgan fingerprint density at radius 1 is 1.11 bits per heavy atom. The van der Waals surface area contributed by atoms with Crippen molar-refractivity contribution in [1.29, 1.82) is 0 Å². The number of morpholine rings is 1. The van der Waals surface area contributed by atoms with E-state index in [9.17, 15) is 4.79 Å². The van der Waals surface area contributed by atoms with Gasteiger partial charge in [0.2, 0.25) is 5.91 Å². The quantitative estimate of drug-likeness (QED) is 0.365. The molecular formula is C29H36Cl2N2O2. The molecule has 0 aliphatic carbocycles. The highest BCUT2D eigenvalue weighted by Gasteiger charge is 2.50. The predicted octanol–water partition coefficient (Wildman–Crippen LogP) is 6.74. The number of nitrogens with zero attached hydrogens (tertiary/aromatic N) is 2. The molecule has 0 bridgehead atoms. The van der Waals surface area contributed by atoms with Gasteiger partial charge in [0, 0.05) is 41.6 Å². The second-order valence-corrected chi connectivity index (χ2v) is 11.1. The summed E-state index contributed by atoms with van der Waals surface area (Å²) in [7, 11) is 0. The molecule has 2 aliphatic heterocycles. The van der Waals surface area contributed by atoms with Crippen molar-refractivity contribution >= 4 is 29.1 Å². The fourth-order valence-electron chi connectivity index (χ4n) is 5.70. The first-order valence-corrected chi connectivity index (χ1v) is 13.3. The molecule has 2 aliphatic rings. The number of hydrogen-bond acceptors (Lipinski definition) is 3.